The fourth-order valence-electron chi connectivity index (χ4n) is 1.37. The normalized spacial score (nSPS) is 22.2. The molecule has 0 aliphatic carbocycles. The highest BCUT2D eigenvalue weighted by molar-refractivity contribution is 7.99. The average Bonchev–Trinajstić information content (AvgIpc) is 2.24. The van der Waals surface area contributed by atoms with Crippen molar-refractivity contribution in [2.24, 2.45) is 0 Å². The lowest BCUT2D eigenvalue weighted by Crippen LogP contribution is -1.91. The van der Waals surface area contributed by atoms with Crippen LogP contribution in [0.3, 0.4) is 0 Å². The molecule has 0 N–H and O–H groups in total. The Morgan fingerprint density at radius 2 is 0.769 bits per heavy atom. The number of hydrogen-bond donors (Lipinski definition) is 0. The second-order valence-corrected chi connectivity index (χ2v) is 5.80. The van der Waals surface area contributed by atoms with E-state index in [0.29, 0.717) is 0 Å². The third-order valence-electron chi connectivity index (χ3n) is 2.15. The van der Waals surface area contributed by atoms with Gasteiger partial charge in [0.1, 0.15) is 0 Å². The molecular formula is C10H22S3. The predicted octanol–water partition coefficient (Wildman–Crippen LogP) is 3.92. The van der Waals surface area contributed by atoms with Gasteiger partial charge in [0.05, 0.1) is 0 Å². The molecule has 0 unspecified atom stereocenters. The molecule has 13 heavy (non-hydrogen) atoms. The van der Waals surface area contributed by atoms with E-state index in [0.717, 1.165) is 0 Å². The molecule has 0 bridgehead atoms. The lowest BCUT2D eigenvalue weighted by Gasteiger charge is -2.05. The van der Waals surface area contributed by atoms with Gasteiger partial charge in [0.2, 0.25) is 0 Å². The highest BCUT2D eigenvalue weighted by atomic mass is 32.2. The summed E-state index contributed by atoms with van der Waals surface area (Å²) in [4.78, 5) is 0. The SMILES string of the molecule is C1CCSCC1.C1CCSCC1.S. The summed E-state index contributed by atoms with van der Waals surface area (Å²) in [6.45, 7) is 0. The first-order valence-electron chi connectivity index (χ1n) is 5.15. The first-order chi connectivity index (χ1) is 6.00. The summed E-state index contributed by atoms with van der Waals surface area (Å²) in [5.74, 6) is 5.67. The molecule has 2 aliphatic rings. The maximum absolute atomic E-state index is 2.09. The summed E-state index contributed by atoms with van der Waals surface area (Å²) < 4.78 is 0. The Bertz CT molecular complexity index is 53.2. The smallest absolute Gasteiger partial charge is 0.00675 e. The van der Waals surface area contributed by atoms with Gasteiger partial charge in [-0.2, -0.15) is 37.0 Å². The van der Waals surface area contributed by atoms with Crippen LogP contribution in [0.25, 0.3) is 0 Å². The van der Waals surface area contributed by atoms with Crippen LogP contribution in [0.4, 0.5) is 0 Å². The molecule has 2 saturated heterocycles. The topological polar surface area (TPSA) is 0 Å². The van der Waals surface area contributed by atoms with Crippen molar-refractivity contribution in [3.05, 3.63) is 0 Å². The van der Waals surface area contributed by atoms with Gasteiger partial charge in [-0.3, -0.25) is 0 Å². The van der Waals surface area contributed by atoms with Gasteiger partial charge >= 0.3 is 0 Å². The van der Waals surface area contributed by atoms with Crippen LogP contribution in [0.1, 0.15) is 38.5 Å². The van der Waals surface area contributed by atoms with Gasteiger partial charge in [0, 0.05) is 0 Å². The van der Waals surface area contributed by atoms with E-state index in [1.807, 2.05) is 0 Å². The Labute approximate surface area is 98.5 Å². The minimum absolute atomic E-state index is 0. The van der Waals surface area contributed by atoms with Crippen LogP contribution < -0.4 is 0 Å². The molecule has 0 spiro atoms. The van der Waals surface area contributed by atoms with Crippen LogP contribution in [-0.4, -0.2) is 23.0 Å². The summed E-state index contributed by atoms with van der Waals surface area (Å²) >= 11 is 4.19. The van der Waals surface area contributed by atoms with E-state index in [2.05, 4.69) is 23.5 Å². The summed E-state index contributed by atoms with van der Waals surface area (Å²) in [6, 6.07) is 0. The van der Waals surface area contributed by atoms with E-state index in [1.54, 1.807) is 0 Å². The highest BCUT2D eigenvalue weighted by Crippen LogP contribution is 2.15. The van der Waals surface area contributed by atoms with Gasteiger partial charge in [-0.25, -0.2) is 0 Å². The minimum atomic E-state index is 0. The van der Waals surface area contributed by atoms with Gasteiger partial charge in [-0.1, -0.05) is 12.8 Å². The molecule has 0 aromatic carbocycles. The number of thioether (sulfide) groups is 2. The first kappa shape index (κ1) is 14.1. The molecule has 2 aliphatic heterocycles. The van der Waals surface area contributed by atoms with Crippen molar-refractivity contribution < 1.29 is 0 Å². The third-order valence-corrected chi connectivity index (χ3v) is 4.46. The lowest BCUT2D eigenvalue weighted by atomic mass is 10.3. The largest absolute Gasteiger partial charge is 0.197 e. The number of rotatable bonds is 0. The molecule has 2 rings (SSSR count). The maximum Gasteiger partial charge on any atom is -0.00675 e. The van der Waals surface area contributed by atoms with Crippen LogP contribution in [0.2, 0.25) is 0 Å². The summed E-state index contributed by atoms with van der Waals surface area (Å²) in [7, 11) is 0. The Hall–Kier alpha value is 1.05. The molecule has 80 valence electrons. The Morgan fingerprint density at radius 3 is 0.846 bits per heavy atom. The van der Waals surface area contributed by atoms with E-state index in [1.165, 1.54) is 61.5 Å². The third kappa shape index (κ3) is 9.36. The second-order valence-electron chi connectivity index (χ2n) is 3.35. The molecule has 2 fully saturated rings. The monoisotopic (exact) mass is 238 g/mol. The predicted molar refractivity (Wildman–Crippen MR) is 72.7 cm³/mol. The van der Waals surface area contributed by atoms with Gasteiger partial charge in [-0.15, -0.1) is 0 Å². The summed E-state index contributed by atoms with van der Waals surface area (Å²) in [6.07, 6.45) is 8.81. The molecule has 3 heteroatoms. The van der Waals surface area contributed by atoms with E-state index < -0.39 is 0 Å². The molecule has 0 aromatic rings. The van der Waals surface area contributed by atoms with Crippen LogP contribution >= 0.6 is 37.0 Å². The van der Waals surface area contributed by atoms with Crippen LogP contribution in [0.5, 0.6) is 0 Å². The van der Waals surface area contributed by atoms with Crippen molar-refractivity contribution in [3.63, 3.8) is 0 Å². The van der Waals surface area contributed by atoms with Crippen molar-refractivity contribution in [2.75, 3.05) is 23.0 Å². The van der Waals surface area contributed by atoms with E-state index >= 15 is 0 Å². The average molecular weight is 238 g/mol. The zero-order chi connectivity index (χ0) is 8.49. The molecule has 0 radical (unpaired) electrons. The first-order valence-corrected chi connectivity index (χ1v) is 7.46. The fourth-order valence-corrected chi connectivity index (χ4v) is 3.42. The fraction of sp³-hybridized carbons (Fsp3) is 1.00. The lowest BCUT2D eigenvalue weighted by molar-refractivity contribution is 0.764. The summed E-state index contributed by atoms with van der Waals surface area (Å²) in [5, 5.41) is 0. The Kier molecular flexibility index (Phi) is 12.0. The summed E-state index contributed by atoms with van der Waals surface area (Å²) in [5.41, 5.74) is 0. The zero-order valence-corrected chi connectivity index (χ0v) is 11.0. The zero-order valence-electron chi connectivity index (χ0n) is 8.39. The van der Waals surface area contributed by atoms with Crippen molar-refractivity contribution in [1.29, 1.82) is 0 Å². The maximum atomic E-state index is 2.09. The number of hydrogen-bond acceptors (Lipinski definition) is 2. The van der Waals surface area contributed by atoms with Crippen molar-refractivity contribution >= 4 is 37.0 Å². The van der Waals surface area contributed by atoms with E-state index in [9.17, 15) is 0 Å². The van der Waals surface area contributed by atoms with Gasteiger partial charge < -0.3 is 0 Å². The van der Waals surface area contributed by atoms with Crippen molar-refractivity contribution in [3.8, 4) is 0 Å². The standard InChI is InChI=1S/2C5H10S.H2S/c2*1-2-4-6-5-3-1;/h2*1-5H2;1H2. The van der Waals surface area contributed by atoms with E-state index in [4.69, 9.17) is 0 Å². The highest BCUT2D eigenvalue weighted by Gasteiger charge is 1.96. The van der Waals surface area contributed by atoms with Crippen LogP contribution in [-0.2, 0) is 0 Å². The van der Waals surface area contributed by atoms with Crippen LogP contribution in [0.15, 0.2) is 0 Å². The minimum Gasteiger partial charge on any atom is -0.197 e. The van der Waals surface area contributed by atoms with Crippen molar-refractivity contribution in [2.45, 2.75) is 38.5 Å². The molecular weight excluding hydrogens is 216 g/mol. The van der Waals surface area contributed by atoms with Gasteiger partial charge in [0.25, 0.3) is 0 Å². The van der Waals surface area contributed by atoms with Gasteiger partial charge in [0.15, 0.2) is 0 Å². The Balaban J connectivity index is 0.000000206. The molecule has 0 saturated carbocycles. The van der Waals surface area contributed by atoms with E-state index in [-0.39, 0.29) is 13.5 Å². The quantitative estimate of drug-likeness (QED) is 0.627. The van der Waals surface area contributed by atoms with Crippen molar-refractivity contribution in [1.82, 2.24) is 0 Å². The molecule has 0 nitrogen and oxygen atoms in total. The molecule has 0 amide bonds. The molecule has 2 heterocycles. The van der Waals surface area contributed by atoms with Gasteiger partial charge in [-0.05, 0) is 48.7 Å². The molecule has 0 atom stereocenters. The second kappa shape index (κ2) is 11.1. The van der Waals surface area contributed by atoms with Crippen LogP contribution in [0, 0.1) is 0 Å². The molecule has 0 aromatic heterocycles. The Morgan fingerprint density at radius 1 is 0.462 bits per heavy atom.